The lowest BCUT2D eigenvalue weighted by Gasteiger charge is -2.34. The summed E-state index contributed by atoms with van der Waals surface area (Å²) in [6.07, 6.45) is 8.93. The number of nitrogens with zero attached hydrogens (tertiary/aromatic N) is 2. The molecule has 1 atom stereocenters. The fourth-order valence-corrected chi connectivity index (χ4v) is 3.87. The van der Waals surface area contributed by atoms with Gasteiger partial charge in [-0.1, -0.05) is 0 Å². The van der Waals surface area contributed by atoms with Gasteiger partial charge < -0.3 is 24.7 Å². The smallest absolute Gasteiger partial charge is 0.220 e. The summed E-state index contributed by atoms with van der Waals surface area (Å²) < 4.78 is 11.3. The Morgan fingerprint density at radius 1 is 1.28 bits per heavy atom. The van der Waals surface area contributed by atoms with Crippen LogP contribution in [0.2, 0.25) is 0 Å². The van der Waals surface area contributed by atoms with E-state index in [-0.39, 0.29) is 36.0 Å². The zero-order valence-corrected chi connectivity index (χ0v) is 19.7. The number of guanidine groups is 1. The van der Waals surface area contributed by atoms with Gasteiger partial charge in [-0.05, 0) is 50.2 Å². The summed E-state index contributed by atoms with van der Waals surface area (Å²) >= 11 is 0. The zero-order valence-electron chi connectivity index (χ0n) is 17.4. The fourth-order valence-electron chi connectivity index (χ4n) is 3.87. The van der Waals surface area contributed by atoms with Crippen molar-refractivity contribution in [2.45, 2.75) is 51.0 Å². The summed E-state index contributed by atoms with van der Waals surface area (Å²) in [6, 6.07) is 3.92. The highest BCUT2D eigenvalue weighted by molar-refractivity contribution is 14.0. The van der Waals surface area contributed by atoms with Crippen molar-refractivity contribution in [3.63, 3.8) is 0 Å². The molecule has 2 fully saturated rings. The number of likely N-dealkylation sites (tertiary alicyclic amines) is 1. The summed E-state index contributed by atoms with van der Waals surface area (Å²) in [5.74, 6) is 2.53. The average Bonchev–Trinajstić information content (AvgIpc) is 3.25. The molecule has 0 radical (unpaired) electrons. The average molecular weight is 518 g/mol. The van der Waals surface area contributed by atoms with Crippen LogP contribution in [0.1, 0.15) is 44.3 Å². The van der Waals surface area contributed by atoms with Crippen LogP contribution < -0.4 is 10.6 Å². The summed E-state index contributed by atoms with van der Waals surface area (Å²) in [7, 11) is 1.71. The number of carbonyl (C=O) groups is 1. The van der Waals surface area contributed by atoms with Gasteiger partial charge in [0.25, 0.3) is 0 Å². The first-order valence-corrected chi connectivity index (χ1v) is 10.6. The van der Waals surface area contributed by atoms with Gasteiger partial charge in [0.2, 0.25) is 5.91 Å². The van der Waals surface area contributed by atoms with E-state index in [1.54, 1.807) is 13.3 Å². The standard InChI is InChI=1S/C21H34N4O3.HI/c1-22-20(26)15-17-8-11-25(12-9-17)21(23-10-7-18-6-4-14-27-18)24-16-19-5-2-3-13-28-19;/h4,6,14,17,19H,2-3,5,7-13,15-16H2,1H3,(H,22,26)(H,23,24);1H. The Bertz CT molecular complexity index is 609. The van der Waals surface area contributed by atoms with Crippen molar-refractivity contribution >= 4 is 35.8 Å². The molecule has 3 rings (SSSR count). The Morgan fingerprint density at radius 3 is 2.76 bits per heavy atom. The molecule has 2 aliphatic rings. The molecular formula is C21H35IN4O3. The van der Waals surface area contributed by atoms with Crippen LogP contribution in [0.15, 0.2) is 27.8 Å². The molecule has 29 heavy (non-hydrogen) atoms. The second kappa shape index (κ2) is 13.1. The number of amides is 1. The Kier molecular flexibility index (Phi) is 10.8. The molecule has 7 nitrogen and oxygen atoms in total. The molecule has 164 valence electrons. The highest BCUT2D eigenvalue weighted by atomic mass is 127. The number of ether oxygens (including phenoxy) is 1. The van der Waals surface area contributed by atoms with E-state index < -0.39 is 0 Å². The van der Waals surface area contributed by atoms with Crippen molar-refractivity contribution in [2.24, 2.45) is 10.9 Å². The second-order valence-electron chi connectivity index (χ2n) is 7.72. The monoisotopic (exact) mass is 518 g/mol. The predicted octanol–water partition coefficient (Wildman–Crippen LogP) is 2.80. The van der Waals surface area contributed by atoms with Crippen molar-refractivity contribution in [2.75, 3.05) is 39.8 Å². The van der Waals surface area contributed by atoms with E-state index in [2.05, 4.69) is 15.5 Å². The summed E-state index contributed by atoms with van der Waals surface area (Å²) in [5.41, 5.74) is 0. The SMILES string of the molecule is CNC(=O)CC1CCN(C(=NCC2CCCCO2)NCCc2ccco2)CC1.I. The first-order valence-electron chi connectivity index (χ1n) is 10.6. The van der Waals surface area contributed by atoms with Crippen molar-refractivity contribution in [1.29, 1.82) is 0 Å². The Labute approximate surface area is 191 Å². The lowest BCUT2D eigenvalue weighted by molar-refractivity contribution is -0.121. The number of carbonyl (C=O) groups excluding carboxylic acids is 1. The number of hydrogen-bond donors (Lipinski definition) is 2. The van der Waals surface area contributed by atoms with Gasteiger partial charge in [-0.3, -0.25) is 9.79 Å². The maximum atomic E-state index is 11.6. The molecule has 0 saturated carbocycles. The molecule has 8 heteroatoms. The topological polar surface area (TPSA) is 79.1 Å². The molecular weight excluding hydrogens is 483 g/mol. The lowest BCUT2D eigenvalue weighted by atomic mass is 9.93. The number of furan rings is 1. The second-order valence-corrected chi connectivity index (χ2v) is 7.72. The van der Waals surface area contributed by atoms with Crippen LogP contribution in [0.25, 0.3) is 0 Å². The van der Waals surface area contributed by atoms with Crippen molar-refractivity contribution < 1.29 is 13.9 Å². The van der Waals surface area contributed by atoms with Gasteiger partial charge in [0, 0.05) is 46.1 Å². The van der Waals surface area contributed by atoms with E-state index in [4.69, 9.17) is 14.1 Å². The number of piperidine rings is 1. The van der Waals surface area contributed by atoms with E-state index in [1.165, 1.54) is 6.42 Å². The van der Waals surface area contributed by atoms with Gasteiger partial charge in [-0.2, -0.15) is 0 Å². The van der Waals surface area contributed by atoms with Gasteiger partial charge in [0.05, 0.1) is 18.9 Å². The summed E-state index contributed by atoms with van der Waals surface area (Å²) in [5, 5.41) is 6.25. The minimum atomic E-state index is 0. The van der Waals surface area contributed by atoms with Gasteiger partial charge in [0.15, 0.2) is 5.96 Å². The number of nitrogens with one attached hydrogen (secondary N) is 2. The number of halogens is 1. The number of rotatable bonds is 7. The number of aliphatic imine (C=N–C) groups is 1. The molecule has 0 bridgehead atoms. The molecule has 0 spiro atoms. The third-order valence-electron chi connectivity index (χ3n) is 5.62. The molecule has 2 N–H and O–H groups in total. The molecule has 2 aliphatic heterocycles. The number of hydrogen-bond acceptors (Lipinski definition) is 4. The minimum absolute atomic E-state index is 0. The van der Waals surface area contributed by atoms with Crippen LogP contribution >= 0.6 is 24.0 Å². The van der Waals surface area contributed by atoms with Gasteiger partial charge in [-0.25, -0.2) is 0 Å². The normalized spacial score (nSPS) is 20.8. The largest absolute Gasteiger partial charge is 0.469 e. The summed E-state index contributed by atoms with van der Waals surface area (Å²) in [6.45, 7) is 4.21. The van der Waals surface area contributed by atoms with E-state index in [0.29, 0.717) is 18.9 Å². The maximum absolute atomic E-state index is 11.6. The van der Waals surface area contributed by atoms with Crippen LogP contribution in [0.4, 0.5) is 0 Å². The van der Waals surface area contributed by atoms with E-state index >= 15 is 0 Å². The molecule has 1 aromatic rings. The molecule has 1 aromatic heterocycles. The first kappa shape index (κ1) is 24.0. The quantitative estimate of drug-likeness (QED) is 0.330. The van der Waals surface area contributed by atoms with Crippen LogP contribution in [0.5, 0.6) is 0 Å². The third kappa shape index (κ3) is 8.16. The molecule has 0 aliphatic carbocycles. The molecule has 1 amide bonds. The van der Waals surface area contributed by atoms with Crippen molar-refractivity contribution in [3.8, 4) is 0 Å². The van der Waals surface area contributed by atoms with Crippen molar-refractivity contribution in [1.82, 2.24) is 15.5 Å². The molecule has 3 heterocycles. The predicted molar refractivity (Wildman–Crippen MR) is 125 cm³/mol. The van der Waals surface area contributed by atoms with E-state index in [1.807, 2.05) is 12.1 Å². The fraction of sp³-hybridized carbons (Fsp3) is 0.714. The lowest BCUT2D eigenvalue weighted by Crippen LogP contribution is -2.47. The van der Waals surface area contributed by atoms with Gasteiger partial charge in [0.1, 0.15) is 5.76 Å². The maximum Gasteiger partial charge on any atom is 0.220 e. The van der Waals surface area contributed by atoms with Crippen LogP contribution in [-0.2, 0) is 16.0 Å². The molecule has 1 unspecified atom stereocenters. The molecule has 0 aromatic carbocycles. The summed E-state index contributed by atoms with van der Waals surface area (Å²) in [4.78, 5) is 18.9. The van der Waals surface area contributed by atoms with Gasteiger partial charge in [-0.15, -0.1) is 24.0 Å². The minimum Gasteiger partial charge on any atom is -0.469 e. The van der Waals surface area contributed by atoms with Crippen molar-refractivity contribution in [3.05, 3.63) is 24.2 Å². The van der Waals surface area contributed by atoms with Crippen LogP contribution in [-0.4, -0.2) is 62.7 Å². The third-order valence-corrected chi connectivity index (χ3v) is 5.62. The first-order chi connectivity index (χ1) is 13.7. The Morgan fingerprint density at radius 2 is 2.10 bits per heavy atom. The Hall–Kier alpha value is -1.29. The zero-order chi connectivity index (χ0) is 19.6. The van der Waals surface area contributed by atoms with E-state index in [0.717, 1.165) is 70.1 Å². The van der Waals surface area contributed by atoms with Crippen LogP contribution in [0.3, 0.4) is 0 Å². The Balaban J connectivity index is 0.00000300. The van der Waals surface area contributed by atoms with Crippen LogP contribution in [0, 0.1) is 5.92 Å². The molecule has 2 saturated heterocycles. The highest BCUT2D eigenvalue weighted by Crippen LogP contribution is 2.21. The highest BCUT2D eigenvalue weighted by Gasteiger charge is 2.23. The van der Waals surface area contributed by atoms with Gasteiger partial charge >= 0.3 is 0 Å². The van der Waals surface area contributed by atoms with E-state index in [9.17, 15) is 4.79 Å².